The predicted molar refractivity (Wildman–Crippen MR) is 158 cm³/mol. The van der Waals surface area contributed by atoms with Gasteiger partial charge in [-0.05, 0) is 85.2 Å². The van der Waals surface area contributed by atoms with Gasteiger partial charge in [-0.25, -0.2) is 0 Å². The number of nitro groups is 1. The Morgan fingerprint density at radius 3 is 2.33 bits per heavy atom. The summed E-state index contributed by atoms with van der Waals surface area (Å²) in [4.78, 5) is 19.5. The minimum atomic E-state index is -0.381. The minimum absolute atomic E-state index is 0.0367. The monoisotopic (exact) mass is 555 g/mol. The SMILES string of the molecule is O=[N+]([O-])c1ccc(Sc2ccc(N3C(=S)N[C@@H](c4ccccn4)[C@H]3c3ccn(C4CCCCC4)c3)cc2)cc1. The molecule has 1 aliphatic carbocycles. The summed E-state index contributed by atoms with van der Waals surface area (Å²) in [5.74, 6) is 0. The molecule has 9 heteroatoms. The first-order valence-corrected chi connectivity index (χ1v) is 14.5. The normalized spacial score (nSPS) is 19.7. The molecular formula is C30H29N5O2S2. The minimum Gasteiger partial charge on any atom is -0.351 e. The number of hydrogen-bond donors (Lipinski definition) is 1. The van der Waals surface area contributed by atoms with Gasteiger partial charge in [-0.2, -0.15) is 0 Å². The van der Waals surface area contributed by atoms with E-state index < -0.39 is 0 Å². The molecule has 2 aliphatic rings. The van der Waals surface area contributed by atoms with Gasteiger partial charge in [-0.3, -0.25) is 15.1 Å². The standard InChI is InChI=1S/C30H29N5O2S2/c36-35(37)24-11-15-26(16-12-24)39-25-13-9-23(10-14-25)34-29(28(32-30(34)38)27-8-4-5-18-31-27)21-17-19-33(20-21)22-6-2-1-3-7-22/h4-5,8-20,22,28-29H,1-3,6-7H2,(H,32,38)/t28-,29+/m0/s1. The third-order valence-corrected chi connectivity index (χ3v) is 8.90. The van der Waals surface area contributed by atoms with Crippen molar-refractivity contribution in [1.29, 1.82) is 0 Å². The molecule has 39 heavy (non-hydrogen) atoms. The van der Waals surface area contributed by atoms with Crippen LogP contribution >= 0.6 is 24.0 Å². The predicted octanol–water partition coefficient (Wildman–Crippen LogP) is 7.62. The molecule has 3 heterocycles. The summed E-state index contributed by atoms with van der Waals surface area (Å²) >= 11 is 7.47. The van der Waals surface area contributed by atoms with Crippen molar-refractivity contribution in [3.63, 3.8) is 0 Å². The van der Waals surface area contributed by atoms with Gasteiger partial charge >= 0.3 is 0 Å². The average molecular weight is 556 g/mol. The fourth-order valence-corrected chi connectivity index (χ4v) is 6.79. The van der Waals surface area contributed by atoms with Gasteiger partial charge in [0.1, 0.15) is 0 Å². The topological polar surface area (TPSA) is 76.2 Å². The molecule has 2 aromatic heterocycles. The van der Waals surface area contributed by atoms with Crippen LogP contribution in [0.2, 0.25) is 0 Å². The van der Waals surface area contributed by atoms with Crippen molar-refractivity contribution in [3.05, 3.63) is 113 Å². The van der Waals surface area contributed by atoms with Gasteiger partial charge < -0.3 is 14.8 Å². The van der Waals surface area contributed by atoms with E-state index in [1.165, 1.54) is 49.8 Å². The Hall–Kier alpha value is -3.69. The van der Waals surface area contributed by atoms with E-state index in [0.29, 0.717) is 11.2 Å². The van der Waals surface area contributed by atoms with Crippen LogP contribution in [0.4, 0.5) is 11.4 Å². The Balaban J connectivity index is 1.29. The van der Waals surface area contributed by atoms with Crippen LogP contribution in [0.25, 0.3) is 0 Å². The maximum absolute atomic E-state index is 11.0. The van der Waals surface area contributed by atoms with Crippen molar-refractivity contribution in [1.82, 2.24) is 14.9 Å². The molecule has 0 amide bonds. The Morgan fingerprint density at radius 1 is 0.949 bits per heavy atom. The number of hydrogen-bond acceptors (Lipinski definition) is 5. The molecule has 1 saturated carbocycles. The fraction of sp³-hybridized carbons (Fsp3) is 0.267. The van der Waals surface area contributed by atoms with Gasteiger partial charge in [-0.15, -0.1) is 0 Å². The lowest BCUT2D eigenvalue weighted by molar-refractivity contribution is -0.384. The number of anilines is 1. The van der Waals surface area contributed by atoms with E-state index in [9.17, 15) is 10.1 Å². The zero-order valence-electron chi connectivity index (χ0n) is 21.3. The molecule has 0 unspecified atom stereocenters. The summed E-state index contributed by atoms with van der Waals surface area (Å²) in [7, 11) is 0. The van der Waals surface area contributed by atoms with Crippen molar-refractivity contribution in [2.24, 2.45) is 0 Å². The summed E-state index contributed by atoms with van der Waals surface area (Å²) in [5.41, 5.74) is 3.28. The molecule has 4 aromatic rings. The Morgan fingerprint density at radius 2 is 1.67 bits per heavy atom. The lowest BCUT2D eigenvalue weighted by Gasteiger charge is -2.28. The smallest absolute Gasteiger partial charge is 0.269 e. The number of aromatic nitrogens is 2. The van der Waals surface area contributed by atoms with Crippen molar-refractivity contribution >= 4 is 40.5 Å². The second-order valence-corrected chi connectivity index (χ2v) is 11.6. The number of nitrogens with one attached hydrogen (secondary N) is 1. The number of rotatable bonds is 7. The average Bonchev–Trinajstić information content (AvgIpc) is 3.59. The molecule has 0 bridgehead atoms. The highest BCUT2D eigenvalue weighted by Gasteiger charge is 2.41. The van der Waals surface area contributed by atoms with E-state index in [0.717, 1.165) is 21.2 Å². The van der Waals surface area contributed by atoms with Crippen LogP contribution in [-0.4, -0.2) is 19.6 Å². The van der Waals surface area contributed by atoms with E-state index in [2.05, 4.69) is 68.6 Å². The summed E-state index contributed by atoms with van der Waals surface area (Å²) in [6, 6.07) is 23.6. The summed E-state index contributed by atoms with van der Waals surface area (Å²) < 4.78 is 2.40. The van der Waals surface area contributed by atoms with Crippen LogP contribution in [0.3, 0.4) is 0 Å². The van der Waals surface area contributed by atoms with Gasteiger partial charge in [0.05, 0.1) is 22.7 Å². The first-order valence-electron chi connectivity index (χ1n) is 13.3. The van der Waals surface area contributed by atoms with Gasteiger partial charge in [0, 0.05) is 52.2 Å². The Bertz CT molecular complexity index is 1450. The lowest BCUT2D eigenvalue weighted by atomic mass is 9.95. The number of thiocarbonyl (C=S) groups is 1. The molecule has 6 rings (SSSR count). The molecular weight excluding hydrogens is 526 g/mol. The molecule has 2 atom stereocenters. The Labute approximate surface area is 237 Å². The molecule has 1 aliphatic heterocycles. The number of nitrogens with zero attached hydrogens (tertiary/aromatic N) is 4. The largest absolute Gasteiger partial charge is 0.351 e. The van der Waals surface area contributed by atoms with Gasteiger partial charge in [0.2, 0.25) is 0 Å². The second-order valence-electron chi connectivity index (χ2n) is 10.0. The first-order chi connectivity index (χ1) is 19.1. The summed E-state index contributed by atoms with van der Waals surface area (Å²) in [5, 5.41) is 15.2. The van der Waals surface area contributed by atoms with Crippen molar-refractivity contribution in [2.45, 2.75) is 60.0 Å². The molecule has 0 radical (unpaired) electrons. The summed E-state index contributed by atoms with van der Waals surface area (Å²) in [6.45, 7) is 0. The molecule has 0 spiro atoms. The zero-order valence-corrected chi connectivity index (χ0v) is 23.0. The quantitative estimate of drug-likeness (QED) is 0.143. The molecule has 2 aromatic carbocycles. The van der Waals surface area contributed by atoms with E-state index in [1.807, 2.05) is 18.3 Å². The van der Waals surface area contributed by atoms with Crippen LogP contribution in [-0.2, 0) is 0 Å². The number of pyridine rings is 1. The zero-order chi connectivity index (χ0) is 26.8. The third-order valence-electron chi connectivity index (χ3n) is 7.57. The van der Waals surface area contributed by atoms with Crippen molar-refractivity contribution in [2.75, 3.05) is 4.90 Å². The Kier molecular flexibility index (Phi) is 7.34. The van der Waals surface area contributed by atoms with Crippen LogP contribution in [0.15, 0.2) is 101 Å². The maximum atomic E-state index is 11.0. The van der Waals surface area contributed by atoms with Gasteiger partial charge in [0.25, 0.3) is 5.69 Å². The highest BCUT2D eigenvalue weighted by Crippen LogP contribution is 2.43. The molecule has 1 saturated heterocycles. The van der Waals surface area contributed by atoms with E-state index in [4.69, 9.17) is 12.2 Å². The second kappa shape index (κ2) is 11.2. The number of nitro benzene ring substituents is 1. The third kappa shape index (κ3) is 5.42. The molecule has 7 nitrogen and oxygen atoms in total. The molecule has 1 N–H and O–H groups in total. The highest BCUT2D eigenvalue weighted by atomic mass is 32.2. The van der Waals surface area contributed by atoms with Crippen molar-refractivity contribution in [3.8, 4) is 0 Å². The van der Waals surface area contributed by atoms with Crippen LogP contribution in [0, 0.1) is 10.1 Å². The van der Waals surface area contributed by atoms with E-state index >= 15 is 0 Å². The van der Waals surface area contributed by atoms with Gasteiger partial charge in [-0.1, -0.05) is 37.1 Å². The highest BCUT2D eigenvalue weighted by molar-refractivity contribution is 7.99. The van der Waals surface area contributed by atoms with E-state index in [-0.39, 0.29) is 22.7 Å². The number of non-ortho nitro benzene ring substituents is 1. The van der Waals surface area contributed by atoms with Crippen molar-refractivity contribution < 1.29 is 4.92 Å². The summed E-state index contributed by atoms with van der Waals surface area (Å²) in [6.07, 6.45) is 12.7. The molecule has 198 valence electrons. The van der Waals surface area contributed by atoms with Gasteiger partial charge in [0.15, 0.2) is 5.11 Å². The lowest BCUT2D eigenvalue weighted by Crippen LogP contribution is -2.29. The first kappa shape index (κ1) is 25.6. The fourth-order valence-electron chi connectivity index (χ4n) is 5.63. The van der Waals surface area contributed by atoms with Crippen LogP contribution in [0.5, 0.6) is 0 Å². The molecule has 2 fully saturated rings. The van der Waals surface area contributed by atoms with Crippen LogP contribution < -0.4 is 10.2 Å². The maximum Gasteiger partial charge on any atom is 0.269 e. The number of benzene rings is 2. The van der Waals surface area contributed by atoms with E-state index in [1.54, 1.807) is 23.9 Å². The van der Waals surface area contributed by atoms with Crippen LogP contribution in [0.1, 0.15) is 61.5 Å².